The highest BCUT2D eigenvalue weighted by Crippen LogP contribution is 2.33. The van der Waals surface area contributed by atoms with E-state index < -0.39 is 0 Å². The molecule has 0 unspecified atom stereocenters. The maximum Gasteiger partial charge on any atom is 0.320 e. The summed E-state index contributed by atoms with van der Waals surface area (Å²) in [5.74, 6) is 0.739. The van der Waals surface area contributed by atoms with Crippen molar-refractivity contribution in [3.63, 3.8) is 0 Å². The molecule has 0 radical (unpaired) electrons. The summed E-state index contributed by atoms with van der Waals surface area (Å²) in [4.78, 5) is 13.7. The molecule has 114 valence electrons. The van der Waals surface area contributed by atoms with Gasteiger partial charge in [0.15, 0.2) is 0 Å². The second-order valence-electron chi connectivity index (χ2n) is 4.91. The van der Waals surface area contributed by atoms with Crippen molar-refractivity contribution in [2.45, 2.75) is 19.9 Å². The summed E-state index contributed by atoms with van der Waals surface area (Å²) in [6.45, 7) is 8.19. The fourth-order valence-corrected chi connectivity index (χ4v) is 3.01. The van der Waals surface area contributed by atoms with Crippen LogP contribution < -0.4 is 4.74 Å². The van der Waals surface area contributed by atoms with Gasteiger partial charge < -0.3 is 9.47 Å². The van der Waals surface area contributed by atoms with Crippen LogP contribution in [0.15, 0.2) is 29.3 Å². The van der Waals surface area contributed by atoms with E-state index in [-0.39, 0.29) is 12.5 Å². The quantitative estimate of drug-likeness (QED) is 0.558. The first-order valence-electron chi connectivity index (χ1n) is 7.07. The minimum atomic E-state index is -0.216. The largest absolute Gasteiger partial charge is 0.493 e. The number of fused-ring (bicyclic) bond motifs is 1. The fourth-order valence-electron chi connectivity index (χ4n) is 2.46. The maximum absolute atomic E-state index is 11.7. The first-order valence-corrected chi connectivity index (χ1v) is 7.86. The Labute approximate surface area is 133 Å². The smallest absolute Gasteiger partial charge is 0.320 e. The second kappa shape index (κ2) is 7.61. The molecule has 0 fully saturated rings. The topological polar surface area (TPSA) is 38.8 Å². The Balaban J connectivity index is 2.13. The lowest BCUT2D eigenvalue weighted by atomic mass is 10.1. The second-order valence-corrected chi connectivity index (χ2v) is 5.83. The predicted octanol–water partition coefficient (Wildman–Crippen LogP) is 2.94. The van der Waals surface area contributed by atoms with Crippen LogP contribution in [0, 0.1) is 0 Å². The monoisotopic (exact) mass is 353 g/mol. The zero-order valence-electron chi connectivity index (χ0n) is 12.2. The third kappa shape index (κ3) is 4.32. The van der Waals surface area contributed by atoms with Crippen LogP contribution in [0.1, 0.15) is 18.1 Å². The summed E-state index contributed by atoms with van der Waals surface area (Å²) >= 11 is 3.53. The molecule has 1 aromatic carbocycles. The Hall–Kier alpha value is -1.33. The van der Waals surface area contributed by atoms with Crippen molar-refractivity contribution >= 4 is 21.9 Å². The average molecular weight is 354 g/mol. The van der Waals surface area contributed by atoms with Gasteiger partial charge >= 0.3 is 5.97 Å². The van der Waals surface area contributed by atoms with Crippen molar-refractivity contribution in [3.05, 3.63) is 40.4 Å². The first kappa shape index (κ1) is 16.0. The van der Waals surface area contributed by atoms with Gasteiger partial charge in [0.2, 0.25) is 0 Å². The van der Waals surface area contributed by atoms with E-state index in [4.69, 9.17) is 9.47 Å². The van der Waals surface area contributed by atoms with Crippen LogP contribution in [0.5, 0.6) is 5.75 Å². The lowest BCUT2D eigenvalue weighted by Crippen LogP contribution is -2.31. The van der Waals surface area contributed by atoms with E-state index in [1.165, 1.54) is 5.56 Å². The number of halogens is 1. The summed E-state index contributed by atoms with van der Waals surface area (Å²) in [5.41, 5.74) is 2.30. The number of esters is 1. The van der Waals surface area contributed by atoms with Crippen molar-refractivity contribution in [2.24, 2.45) is 0 Å². The van der Waals surface area contributed by atoms with E-state index in [1.807, 2.05) is 17.9 Å². The molecule has 0 aromatic heterocycles. The van der Waals surface area contributed by atoms with Gasteiger partial charge in [-0.2, -0.15) is 0 Å². The van der Waals surface area contributed by atoms with E-state index in [0.717, 1.165) is 28.8 Å². The molecule has 1 aromatic rings. The number of hydrogen-bond donors (Lipinski definition) is 0. The van der Waals surface area contributed by atoms with Gasteiger partial charge in [0, 0.05) is 29.5 Å². The number of carbonyl (C=O) groups is 1. The summed E-state index contributed by atoms with van der Waals surface area (Å²) in [6, 6.07) is 4.14. The van der Waals surface area contributed by atoms with Gasteiger partial charge in [0.25, 0.3) is 0 Å². The lowest BCUT2D eigenvalue weighted by Gasteiger charge is -2.21. The molecule has 0 spiro atoms. The summed E-state index contributed by atoms with van der Waals surface area (Å²) in [6.07, 6.45) is 2.72. The van der Waals surface area contributed by atoms with Gasteiger partial charge in [-0.15, -0.1) is 6.58 Å². The minimum Gasteiger partial charge on any atom is -0.493 e. The summed E-state index contributed by atoms with van der Waals surface area (Å²) in [7, 11) is 0. The molecule has 0 bridgehead atoms. The third-order valence-electron chi connectivity index (χ3n) is 3.26. The highest BCUT2D eigenvalue weighted by molar-refractivity contribution is 9.10. The van der Waals surface area contributed by atoms with Gasteiger partial charge in [-0.1, -0.05) is 22.0 Å². The van der Waals surface area contributed by atoms with Crippen LogP contribution in [0.4, 0.5) is 0 Å². The molecule has 1 aliphatic heterocycles. The van der Waals surface area contributed by atoms with Crippen molar-refractivity contribution in [1.29, 1.82) is 0 Å². The molecule has 1 heterocycles. The number of carbonyl (C=O) groups excluding carboxylic acids is 1. The number of rotatable bonds is 7. The zero-order chi connectivity index (χ0) is 15.2. The Morgan fingerprint density at radius 1 is 1.57 bits per heavy atom. The molecule has 0 saturated heterocycles. The molecule has 5 heteroatoms. The molecule has 0 amide bonds. The van der Waals surface area contributed by atoms with Crippen LogP contribution in [0.25, 0.3) is 0 Å². The molecular weight excluding hydrogens is 334 g/mol. The van der Waals surface area contributed by atoms with Crippen molar-refractivity contribution in [2.75, 3.05) is 26.3 Å². The number of ether oxygens (including phenoxy) is 2. The molecule has 0 atom stereocenters. The standard InChI is InChI=1S/C16H20BrNO3/c1-3-6-18(11-15(19)20-4-2)10-13-9-14(17)8-12-5-7-21-16(12)13/h3,8-9H,1,4-7,10-11H2,2H3. The SMILES string of the molecule is C=CCN(CC(=O)OCC)Cc1cc(Br)cc2c1OCC2. The summed E-state index contributed by atoms with van der Waals surface area (Å²) < 4.78 is 11.8. The Kier molecular flexibility index (Phi) is 5.82. The van der Waals surface area contributed by atoms with Crippen LogP contribution in [-0.4, -0.2) is 37.2 Å². The molecule has 0 N–H and O–H groups in total. The van der Waals surface area contributed by atoms with E-state index in [2.05, 4.69) is 28.6 Å². The normalized spacial score (nSPS) is 12.9. The molecule has 4 nitrogen and oxygen atoms in total. The van der Waals surface area contributed by atoms with Crippen molar-refractivity contribution in [3.8, 4) is 5.75 Å². The molecule has 0 aliphatic carbocycles. The molecule has 0 saturated carbocycles. The van der Waals surface area contributed by atoms with Crippen LogP contribution >= 0.6 is 15.9 Å². The number of benzene rings is 1. The van der Waals surface area contributed by atoms with E-state index in [1.54, 1.807) is 6.08 Å². The van der Waals surface area contributed by atoms with E-state index >= 15 is 0 Å². The van der Waals surface area contributed by atoms with E-state index in [0.29, 0.717) is 19.7 Å². The number of hydrogen-bond acceptors (Lipinski definition) is 4. The van der Waals surface area contributed by atoms with Crippen molar-refractivity contribution in [1.82, 2.24) is 4.90 Å². The highest BCUT2D eigenvalue weighted by Gasteiger charge is 2.20. The Morgan fingerprint density at radius 2 is 2.38 bits per heavy atom. The molecular formula is C16H20BrNO3. The van der Waals surface area contributed by atoms with Gasteiger partial charge in [-0.25, -0.2) is 0 Å². The highest BCUT2D eigenvalue weighted by atomic mass is 79.9. The molecule has 1 aliphatic rings. The van der Waals surface area contributed by atoms with Crippen LogP contribution in [0.3, 0.4) is 0 Å². The number of nitrogens with zero attached hydrogens (tertiary/aromatic N) is 1. The third-order valence-corrected chi connectivity index (χ3v) is 3.72. The first-order chi connectivity index (χ1) is 10.1. The molecule has 21 heavy (non-hydrogen) atoms. The van der Waals surface area contributed by atoms with E-state index in [9.17, 15) is 4.79 Å². The Bertz CT molecular complexity index is 530. The minimum absolute atomic E-state index is 0.216. The van der Waals surface area contributed by atoms with Crippen LogP contribution in [-0.2, 0) is 22.5 Å². The van der Waals surface area contributed by atoms with Gasteiger partial charge in [-0.3, -0.25) is 9.69 Å². The predicted molar refractivity (Wildman–Crippen MR) is 85.4 cm³/mol. The Morgan fingerprint density at radius 3 is 3.10 bits per heavy atom. The van der Waals surface area contributed by atoms with Gasteiger partial charge in [0.1, 0.15) is 5.75 Å². The molecule has 2 rings (SSSR count). The van der Waals surface area contributed by atoms with Gasteiger partial charge in [0.05, 0.1) is 19.8 Å². The van der Waals surface area contributed by atoms with Gasteiger partial charge in [-0.05, 0) is 24.6 Å². The zero-order valence-corrected chi connectivity index (χ0v) is 13.8. The summed E-state index contributed by atoms with van der Waals surface area (Å²) in [5, 5.41) is 0. The van der Waals surface area contributed by atoms with Crippen molar-refractivity contribution < 1.29 is 14.3 Å². The fraction of sp³-hybridized carbons (Fsp3) is 0.438. The lowest BCUT2D eigenvalue weighted by molar-refractivity contribution is -0.144. The average Bonchev–Trinajstić information content (AvgIpc) is 2.87. The van der Waals surface area contributed by atoms with Crippen LogP contribution in [0.2, 0.25) is 0 Å². The maximum atomic E-state index is 11.7.